The van der Waals surface area contributed by atoms with Crippen LogP contribution in [-0.4, -0.2) is 54.9 Å². The fourth-order valence-corrected chi connectivity index (χ4v) is 4.16. The van der Waals surface area contributed by atoms with Gasteiger partial charge in [-0.05, 0) is 70.8 Å². The van der Waals surface area contributed by atoms with Crippen LogP contribution in [-0.2, 0) is 18.5 Å². The van der Waals surface area contributed by atoms with E-state index in [0.29, 0.717) is 18.3 Å². The second-order valence-electron chi connectivity index (χ2n) is 9.53. The molecule has 5 rings (SSSR count). The van der Waals surface area contributed by atoms with Gasteiger partial charge in [-0.25, -0.2) is 19.1 Å². The molecule has 0 saturated heterocycles. The maximum atomic E-state index is 13.6. The number of imidazole rings is 1. The highest BCUT2D eigenvalue weighted by molar-refractivity contribution is 5.69. The summed E-state index contributed by atoms with van der Waals surface area (Å²) in [6.07, 6.45) is 7.05. The molecule has 0 amide bonds. The zero-order chi connectivity index (χ0) is 25.3. The smallest absolute Gasteiger partial charge is 0.291 e. The monoisotopic (exact) mass is 485 g/mol. The summed E-state index contributed by atoms with van der Waals surface area (Å²) in [5.41, 5.74) is 4.15. The number of H-pyrrole nitrogens is 1. The van der Waals surface area contributed by atoms with Gasteiger partial charge in [0.15, 0.2) is 5.82 Å². The number of nitrogens with zero attached hydrogens (tertiary/aromatic N) is 10. The van der Waals surface area contributed by atoms with Crippen LogP contribution in [0.25, 0.3) is 28.5 Å². The minimum atomic E-state index is -0.379. The topological polar surface area (TPSA) is 138 Å². The minimum Gasteiger partial charge on any atom is -0.291 e. The highest BCUT2D eigenvalue weighted by Gasteiger charge is 2.24. The number of hydrogen-bond donors (Lipinski definition) is 1. The number of aryl methyl sites for hydroxylation is 1. The zero-order valence-electron chi connectivity index (χ0n) is 20.6. The maximum absolute atomic E-state index is 13.6. The van der Waals surface area contributed by atoms with Crippen molar-refractivity contribution in [1.82, 2.24) is 54.9 Å². The van der Waals surface area contributed by atoms with Gasteiger partial charge in [0.25, 0.3) is 5.95 Å². The van der Waals surface area contributed by atoms with Crippen LogP contribution in [0, 0.1) is 0 Å². The van der Waals surface area contributed by atoms with E-state index in [1.165, 1.54) is 4.57 Å². The van der Waals surface area contributed by atoms with Crippen molar-refractivity contribution in [3.63, 3.8) is 0 Å². The number of rotatable bonds is 7. The Kier molecular flexibility index (Phi) is 6.00. The predicted octanol–water partition coefficient (Wildman–Crippen LogP) is 2.62. The number of tetrazole rings is 2. The van der Waals surface area contributed by atoms with Gasteiger partial charge in [-0.15, -0.1) is 5.10 Å². The lowest BCUT2D eigenvalue weighted by Crippen LogP contribution is -2.31. The third kappa shape index (κ3) is 4.32. The SMILES string of the molecule is CCCc1cn(-c2nnnn2C(C)(C)C)c(=O)n1Cc1cnccc1-c1ccc(-c2nnn[nH]2)cc1. The molecule has 0 unspecified atom stereocenters. The van der Waals surface area contributed by atoms with Crippen molar-refractivity contribution in [2.24, 2.45) is 0 Å². The maximum Gasteiger partial charge on any atom is 0.335 e. The third-order valence-electron chi connectivity index (χ3n) is 5.92. The molecule has 0 aliphatic heterocycles. The molecule has 0 saturated carbocycles. The summed E-state index contributed by atoms with van der Waals surface area (Å²) in [7, 11) is 0. The van der Waals surface area contributed by atoms with E-state index in [2.05, 4.69) is 48.1 Å². The third-order valence-corrected chi connectivity index (χ3v) is 5.92. The molecule has 0 aliphatic carbocycles. The standard InChI is InChI=1S/C24H27N11O/c1-5-6-19-15-34(22-28-31-32-35(22)24(2,3)4)23(36)33(19)14-18-13-25-12-11-20(18)16-7-9-17(10-8-16)21-26-29-30-27-21/h7-13,15H,5-6,14H2,1-4H3,(H,26,27,29,30). The van der Waals surface area contributed by atoms with Crippen LogP contribution in [0.5, 0.6) is 0 Å². The van der Waals surface area contributed by atoms with Gasteiger partial charge in [0.1, 0.15) is 0 Å². The number of nitrogens with one attached hydrogen (secondary N) is 1. The molecule has 0 spiro atoms. The van der Waals surface area contributed by atoms with E-state index in [1.54, 1.807) is 15.4 Å². The molecule has 12 heteroatoms. The Morgan fingerprint density at radius 1 is 1.00 bits per heavy atom. The summed E-state index contributed by atoms with van der Waals surface area (Å²) >= 11 is 0. The van der Waals surface area contributed by atoms with Crippen LogP contribution in [0.4, 0.5) is 0 Å². The highest BCUT2D eigenvalue weighted by Crippen LogP contribution is 2.26. The summed E-state index contributed by atoms with van der Waals surface area (Å²) < 4.78 is 4.97. The van der Waals surface area contributed by atoms with Gasteiger partial charge >= 0.3 is 5.69 Å². The van der Waals surface area contributed by atoms with E-state index < -0.39 is 0 Å². The molecule has 5 aromatic rings. The molecule has 12 nitrogen and oxygen atoms in total. The molecule has 1 N–H and O–H groups in total. The largest absolute Gasteiger partial charge is 0.335 e. The van der Waals surface area contributed by atoms with Crippen molar-refractivity contribution in [1.29, 1.82) is 0 Å². The zero-order valence-corrected chi connectivity index (χ0v) is 20.6. The van der Waals surface area contributed by atoms with Gasteiger partial charge in [-0.2, -0.15) is 0 Å². The van der Waals surface area contributed by atoms with Crippen LogP contribution < -0.4 is 5.69 Å². The van der Waals surface area contributed by atoms with Gasteiger partial charge < -0.3 is 0 Å². The van der Waals surface area contributed by atoms with Crippen molar-refractivity contribution in [3.8, 4) is 28.5 Å². The normalized spacial score (nSPS) is 11.8. The van der Waals surface area contributed by atoms with Crippen molar-refractivity contribution in [3.05, 3.63) is 70.7 Å². The molecule has 1 aromatic carbocycles. The van der Waals surface area contributed by atoms with Crippen LogP contribution in [0.2, 0.25) is 0 Å². The van der Waals surface area contributed by atoms with Crippen LogP contribution in [0.1, 0.15) is 45.4 Å². The van der Waals surface area contributed by atoms with Gasteiger partial charge in [0.05, 0.1) is 12.1 Å². The number of aromatic nitrogens is 11. The summed E-state index contributed by atoms with van der Waals surface area (Å²) in [6.45, 7) is 8.44. The van der Waals surface area contributed by atoms with Crippen molar-refractivity contribution < 1.29 is 0 Å². The molecule has 0 atom stereocenters. The van der Waals surface area contributed by atoms with Crippen molar-refractivity contribution in [2.75, 3.05) is 0 Å². The fraction of sp³-hybridized carbons (Fsp3) is 0.333. The first kappa shape index (κ1) is 23.3. The number of aromatic amines is 1. The molecule has 36 heavy (non-hydrogen) atoms. The molecule has 0 radical (unpaired) electrons. The average Bonchev–Trinajstić information content (AvgIpc) is 3.62. The molecule has 184 valence electrons. The second-order valence-corrected chi connectivity index (χ2v) is 9.53. The van der Waals surface area contributed by atoms with Crippen LogP contribution in [0.3, 0.4) is 0 Å². The van der Waals surface area contributed by atoms with E-state index in [1.807, 2.05) is 63.5 Å². The first-order valence-corrected chi connectivity index (χ1v) is 11.7. The van der Waals surface area contributed by atoms with Crippen molar-refractivity contribution in [2.45, 2.75) is 52.6 Å². The number of pyridine rings is 1. The van der Waals surface area contributed by atoms with E-state index >= 15 is 0 Å². The van der Waals surface area contributed by atoms with E-state index in [4.69, 9.17) is 0 Å². The molecular formula is C24H27N11O. The Bertz CT molecular complexity index is 1520. The first-order chi connectivity index (χ1) is 17.4. The number of hydrogen-bond acceptors (Lipinski definition) is 8. The highest BCUT2D eigenvalue weighted by atomic mass is 16.2. The quantitative estimate of drug-likeness (QED) is 0.371. The summed E-state index contributed by atoms with van der Waals surface area (Å²) in [5.74, 6) is 0.999. The second kappa shape index (κ2) is 9.29. The Morgan fingerprint density at radius 2 is 1.78 bits per heavy atom. The van der Waals surface area contributed by atoms with Crippen LogP contribution in [0.15, 0.2) is 53.7 Å². The predicted molar refractivity (Wildman–Crippen MR) is 132 cm³/mol. The van der Waals surface area contributed by atoms with Gasteiger partial charge in [-0.3, -0.25) is 9.55 Å². The Balaban J connectivity index is 1.54. The lowest BCUT2D eigenvalue weighted by atomic mass is 10.00. The fourth-order valence-electron chi connectivity index (χ4n) is 4.16. The molecule has 0 aliphatic rings. The molecule has 0 fully saturated rings. The van der Waals surface area contributed by atoms with Gasteiger partial charge in [0.2, 0.25) is 0 Å². The summed E-state index contributed by atoms with van der Waals surface area (Å²) in [6, 6.07) is 9.89. The van der Waals surface area contributed by atoms with E-state index in [9.17, 15) is 4.79 Å². The van der Waals surface area contributed by atoms with Crippen molar-refractivity contribution >= 4 is 0 Å². The average molecular weight is 486 g/mol. The molecule has 4 aromatic heterocycles. The Hall–Kier alpha value is -4.48. The van der Waals surface area contributed by atoms with Gasteiger partial charge in [-0.1, -0.05) is 42.7 Å². The first-order valence-electron chi connectivity index (χ1n) is 11.7. The van der Waals surface area contributed by atoms with Gasteiger partial charge in [0, 0.05) is 29.8 Å². The number of benzene rings is 1. The summed E-state index contributed by atoms with van der Waals surface area (Å²) in [4.78, 5) is 18.0. The minimum absolute atomic E-state index is 0.193. The molecular weight excluding hydrogens is 458 g/mol. The summed E-state index contributed by atoms with van der Waals surface area (Å²) in [5, 5.41) is 26.1. The lowest BCUT2D eigenvalue weighted by molar-refractivity contribution is 0.342. The Morgan fingerprint density at radius 3 is 2.47 bits per heavy atom. The molecule has 0 bridgehead atoms. The van der Waals surface area contributed by atoms with Crippen LogP contribution >= 0.6 is 0 Å². The van der Waals surface area contributed by atoms with E-state index in [-0.39, 0.29) is 11.2 Å². The van der Waals surface area contributed by atoms with E-state index in [0.717, 1.165) is 40.8 Å². The lowest BCUT2D eigenvalue weighted by Gasteiger charge is -2.19. The Labute approximate surface area is 207 Å². The molecule has 4 heterocycles.